The second kappa shape index (κ2) is 5.55. The molecule has 1 aromatic carbocycles. The zero-order chi connectivity index (χ0) is 13.1. The minimum Gasteiger partial charge on any atom is -0.395 e. The molecule has 3 N–H and O–H groups in total. The van der Waals surface area contributed by atoms with Crippen LogP contribution in [0.15, 0.2) is 18.3 Å². The molecule has 0 saturated heterocycles. The predicted molar refractivity (Wildman–Crippen MR) is 75.9 cm³/mol. The van der Waals surface area contributed by atoms with Gasteiger partial charge in [0.1, 0.15) is 0 Å². The Kier molecular flexibility index (Phi) is 4.04. The van der Waals surface area contributed by atoms with E-state index in [-0.39, 0.29) is 6.61 Å². The first-order valence-electron chi connectivity index (χ1n) is 6.58. The van der Waals surface area contributed by atoms with Crippen molar-refractivity contribution in [2.45, 2.75) is 33.2 Å². The van der Waals surface area contributed by atoms with Gasteiger partial charge < -0.3 is 15.4 Å². The van der Waals surface area contributed by atoms with Gasteiger partial charge in [0.15, 0.2) is 0 Å². The second-order valence-electron chi connectivity index (χ2n) is 4.89. The van der Waals surface area contributed by atoms with Crippen molar-refractivity contribution in [3.8, 4) is 0 Å². The van der Waals surface area contributed by atoms with Crippen LogP contribution in [0.25, 0.3) is 10.9 Å². The molecule has 1 heterocycles. The molecule has 18 heavy (non-hydrogen) atoms. The van der Waals surface area contributed by atoms with Gasteiger partial charge in [0.05, 0.1) is 12.1 Å². The molecule has 0 aliphatic heterocycles. The summed E-state index contributed by atoms with van der Waals surface area (Å²) in [6.45, 7) is 5.83. The molecule has 0 amide bonds. The summed E-state index contributed by atoms with van der Waals surface area (Å²) in [6, 6.07) is 4.32. The molecule has 3 heteroatoms. The summed E-state index contributed by atoms with van der Waals surface area (Å²) < 4.78 is 2.17. The zero-order valence-corrected chi connectivity index (χ0v) is 11.2. The Morgan fingerprint density at radius 1 is 1.22 bits per heavy atom. The summed E-state index contributed by atoms with van der Waals surface area (Å²) in [7, 11) is 0. The summed E-state index contributed by atoms with van der Waals surface area (Å²) in [4.78, 5) is 0. The number of benzene rings is 1. The first kappa shape index (κ1) is 13.1. The number of aryl methyl sites for hydroxylation is 3. The van der Waals surface area contributed by atoms with Crippen LogP contribution in [0, 0.1) is 13.8 Å². The molecule has 1 aromatic heterocycles. The van der Waals surface area contributed by atoms with Crippen molar-refractivity contribution in [1.82, 2.24) is 4.57 Å². The highest BCUT2D eigenvalue weighted by Crippen LogP contribution is 2.28. The van der Waals surface area contributed by atoms with Crippen LogP contribution < -0.4 is 5.73 Å². The fourth-order valence-corrected chi connectivity index (χ4v) is 2.66. The largest absolute Gasteiger partial charge is 0.395 e. The van der Waals surface area contributed by atoms with E-state index in [0.717, 1.165) is 19.4 Å². The maximum absolute atomic E-state index is 9.18. The number of aliphatic hydroxyl groups is 1. The van der Waals surface area contributed by atoms with Crippen LogP contribution >= 0.6 is 0 Å². The van der Waals surface area contributed by atoms with Gasteiger partial charge in [-0.05, 0) is 49.9 Å². The zero-order valence-electron chi connectivity index (χ0n) is 11.2. The molecule has 0 bridgehead atoms. The van der Waals surface area contributed by atoms with Crippen molar-refractivity contribution in [3.05, 3.63) is 35.0 Å². The normalized spacial score (nSPS) is 11.3. The van der Waals surface area contributed by atoms with Gasteiger partial charge in [-0.1, -0.05) is 12.1 Å². The minimum atomic E-state index is 0.174. The molecular formula is C15H22N2O. The second-order valence-corrected chi connectivity index (χ2v) is 4.89. The third-order valence-corrected chi connectivity index (χ3v) is 3.50. The van der Waals surface area contributed by atoms with Crippen LogP contribution in [-0.2, 0) is 13.0 Å². The van der Waals surface area contributed by atoms with E-state index in [4.69, 9.17) is 5.73 Å². The van der Waals surface area contributed by atoms with Gasteiger partial charge in [0.25, 0.3) is 0 Å². The Bertz CT molecular complexity index is 543. The molecule has 0 fully saturated rings. The van der Waals surface area contributed by atoms with E-state index in [0.29, 0.717) is 6.54 Å². The Morgan fingerprint density at radius 3 is 2.61 bits per heavy atom. The smallest absolute Gasteiger partial charge is 0.0610 e. The number of fused-ring (bicyclic) bond motifs is 1. The number of nitrogens with two attached hydrogens (primary N) is 1. The summed E-state index contributed by atoms with van der Waals surface area (Å²) in [6.07, 6.45) is 4.19. The van der Waals surface area contributed by atoms with Gasteiger partial charge in [0.2, 0.25) is 0 Å². The first-order valence-corrected chi connectivity index (χ1v) is 6.58. The standard InChI is InChI=1S/C15H22N2O/c1-11-5-6-12(2)15-14(11)13(4-3-7-16)10-17(15)8-9-18/h5-6,10,18H,3-4,7-9,16H2,1-2H3. The van der Waals surface area contributed by atoms with Crippen LogP contribution in [-0.4, -0.2) is 22.8 Å². The van der Waals surface area contributed by atoms with Gasteiger partial charge in [-0.15, -0.1) is 0 Å². The lowest BCUT2D eigenvalue weighted by molar-refractivity contribution is 0.278. The first-order chi connectivity index (χ1) is 8.69. The molecule has 0 unspecified atom stereocenters. The quantitative estimate of drug-likeness (QED) is 0.849. The van der Waals surface area contributed by atoms with E-state index in [1.54, 1.807) is 0 Å². The van der Waals surface area contributed by atoms with Gasteiger partial charge in [-0.3, -0.25) is 0 Å². The van der Waals surface area contributed by atoms with Crippen molar-refractivity contribution < 1.29 is 5.11 Å². The molecule has 0 radical (unpaired) electrons. The number of hydrogen-bond donors (Lipinski definition) is 2. The van der Waals surface area contributed by atoms with E-state index in [1.165, 1.54) is 27.6 Å². The van der Waals surface area contributed by atoms with E-state index in [9.17, 15) is 5.11 Å². The molecule has 2 aromatic rings. The number of nitrogens with zero attached hydrogens (tertiary/aromatic N) is 1. The van der Waals surface area contributed by atoms with Crippen molar-refractivity contribution in [2.24, 2.45) is 5.73 Å². The fourth-order valence-electron chi connectivity index (χ4n) is 2.66. The summed E-state index contributed by atoms with van der Waals surface area (Å²) >= 11 is 0. The Hall–Kier alpha value is -1.32. The monoisotopic (exact) mass is 246 g/mol. The van der Waals surface area contributed by atoms with Gasteiger partial charge in [-0.25, -0.2) is 0 Å². The van der Waals surface area contributed by atoms with E-state index >= 15 is 0 Å². The summed E-state index contributed by atoms with van der Waals surface area (Å²) in [5, 5.41) is 10.5. The van der Waals surface area contributed by atoms with Crippen LogP contribution in [0.3, 0.4) is 0 Å². The number of aliphatic hydroxyl groups excluding tert-OH is 1. The molecule has 2 rings (SSSR count). The Morgan fingerprint density at radius 2 is 1.94 bits per heavy atom. The molecule has 0 aliphatic carbocycles. The lowest BCUT2D eigenvalue weighted by Gasteiger charge is -2.07. The Labute approximate surface area is 108 Å². The van der Waals surface area contributed by atoms with Gasteiger partial charge >= 0.3 is 0 Å². The Balaban J connectivity index is 2.60. The number of rotatable bonds is 5. The summed E-state index contributed by atoms with van der Waals surface area (Å²) in [5.41, 5.74) is 10.8. The van der Waals surface area contributed by atoms with E-state index < -0.39 is 0 Å². The van der Waals surface area contributed by atoms with Crippen LogP contribution in [0.5, 0.6) is 0 Å². The molecule has 0 spiro atoms. The third-order valence-electron chi connectivity index (χ3n) is 3.50. The maximum Gasteiger partial charge on any atom is 0.0610 e. The van der Waals surface area contributed by atoms with Crippen LogP contribution in [0.1, 0.15) is 23.1 Å². The molecule has 98 valence electrons. The minimum absolute atomic E-state index is 0.174. The van der Waals surface area contributed by atoms with Crippen LogP contribution in [0.4, 0.5) is 0 Å². The average molecular weight is 246 g/mol. The topological polar surface area (TPSA) is 51.2 Å². The van der Waals surface area contributed by atoms with Crippen molar-refractivity contribution in [2.75, 3.05) is 13.2 Å². The lowest BCUT2D eigenvalue weighted by atomic mass is 10.0. The molecule has 0 atom stereocenters. The van der Waals surface area contributed by atoms with Crippen molar-refractivity contribution in [3.63, 3.8) is 0 Å². The predicted octanol–water partition coefficient (Wildman–Crippen LogP) is 2.14. The maximum atomic E-state index is 9.18. The van der Waals surface area contributed by atoms with E-state index in [1.807, 2.05) is 0 Å². The highest BCUT2D eigenvalue weighted by atomic mass is 16.3. The van der Waals surface area contributed by atoms with Crippen molar-refractivity contribution >= 4 is 10.9 Å². The summed E-state index contributed by atoms with van der Waals surface area (Å²) in [5.74, 6) is 0. The fraction of sp³-hybridized carbons (Fsp3) is 0.467. The molecule has 3 nitrogen and oxygen atoms in total. The highest BCUT2D eigenvalue weighted by Gasteiger charge is 2.12. The van der Waals surface area contributed by atoms with Gasteiger partial charge in [-0.2, -0.15) is 0 Å². The molecule has 0 saturated carbocycles. The number of aromatic nitrogens is 1. The molecule has 0 aliphatic rings. The molecular weight excluding hydrogens is 224 g/mol. The van der Waals surface area contributed by atoms with Crippen LogP contribution in [0.2, 0.25) is 0 Å². The van der Waals surface area contributed by atoms with Gasteiger partial charge in [0, 0.05) is 18.1 Å². The highest BCUT2D eigenvalue weighted by molar-refractivity contribution is 5.89. The van der Waals surface area contributed by atoms with Crippen molar-refractivity contribution in [1.29, 1.82) is 0 Å². The van der Waals surface area contributed by atoms with E-state index in [2.05, 4.69) is 36.7 Å². The number of hydrogen-bond acceptors (Lipinski definition) is 2. The third kappa shape index (κ3) is 2.28. The SMILES string of the molecule is Cc1ccc(C)c2c1c(CCCN)cn2CCO. The average Bonchev–Trinajstić information content (AvgIpc) is 2.72. The lowest BCUT2D eigenvalue weighted by Crippen LogP contribution is -2.01.